The lowest BCUT2D eigenvalue weighted by molar-refractivity contribution is 0.400. The van der Waals surface area contributed by atoms with Gasteiger partial charge in [-0.15, -0.1) is 0 Å². The average molecular weight is 417 g/mol. The maximum absolute atomic E-state index is 13.7. The fourth-order valence-corrected chi connectivity index (χ4v) is 3.12. The van der Waals surface area contributed by atoms with Crippen molar-refractivity contribution in [2.24, 2.45) is 0 Å². The van der Waals surface area contributed by atoms with Crippen molar-refractivity contribution >= 4 is 31.9 Å². The topological polar surface area (TPSA) is 21.3 Å². The third-order valence-corrected chi connectivity index (χ3v) is 4.54. The van der Waals surface area contributed by atoms with Crippen molar-refractivity contribution in [3.05, 3.63) is 62.3 Å². The van der Waals surface area contributed by atoms with Gasteiger partial charge in [0.2, 0.25) is 0 Å². The minimum absolute atomic E-state index is 0.0857. The van der Waals surface area contributed by atoms with Crippen LogP contribution in [0.15, 0.2) is 45.3 Å². The summed E-state index contributed by atoms with van der Waals surface area (Å²) >= 11 is 6.83. The molecule has 0 aliphatic heterocycles. The first-order valence-electron chi connectivity index (χ1n) is 6.59. The van der Waals surface area contributed by atoms with Crippen LogP contribution in [0.4, 0.5) is 4.39 Å². The average Bonchev–Trinajstić information content (AvgIpc) is 2.48. The van der Waals surface area contributed by atoms with Gasteiger partial charge in [-0.2, -0.15) is 0 Å². The summed E-state index contributed by atoms with van der Waals surface area (Å²) in [5.74, 6) is 0.190. The smallest absolute Gasteiger partial charge is 0.141 e. The molecule has 0 amide bonds. The molecule has 1 N–H and O–H groups in total. The van der Waals surface area contributed by atoms with E-state index in [4.69, 9.17) is 4.74 Å². The summed E-state index contributed by atoms with van der Waals surface area (Å²) in [6, 6.07) is 11.1. The lowest BCUT2D eigenvalue weighted by Gasteiger charge is -2.23. The van der Waals surface area contributed by atoms with E-state index in [0.29, 0.717) is 10.2 Å². The lowest BCUT2D eigenvalue weighted by Crippen LogP contribution is -2.23. The normalized spacial score (nSPS) is 12.2. The Morgan fingerprint density at radius 1 is 1.14 bits per heavy atom. The van der Waals surface area contributed by atoms with Crippen LogP contribution in [-0.4, -0.2) is 13.7 Å². The molecule has 2 aromatic rings. The van der Waals surface area contributed by atoms with Crippen LogP contribution in [0, 0.1) is 5.82 Å². The Hall–Kier alpha value is -0.910. The minimum atomic E-state index is -0.335. The number of hydrogen-bond donors (Lipinski definition) is 1. The van der Waals surface area contributed by atoms with Gasteiger partial charge >= 0.3 is 0 Å². The Bertz CT molecular complexity index is 634. The summed E-state index contributed by atoms with van der Waals surface area (Å²) < 4.78 is 20.5. The molecule has 0 radical (unpaired) electrons. The molecule has 0 aliphatic rings. The van der Waals surface area contributed by atoms with Gasteiger partial charge in [0.25, 0.3) is 0 Å². The molecule has 2 aromatic carbocycles. The first-order chi connectivity index (χ1) is 10.1. The molecule has 0 saturated carbocycles. The number of halogens is 3. The van der Waals surface area contributed by atoms with Crippen molar-refractivity contribution in [3.63, 3.8) is 0 Å². The Labute approximate surface area is 141 Å². The van der Waals surface area contributed by atoms with Crippen LogP contribution in [0.5, 0.6) is 5.75 Å². The van der Waals surface area contributed by atoms with Gasteiger partial charge in [-0.3, -0.25) is 0 Å². The molecule has 0 bridgehead atoms. The monoisotopic (exact) mass is 415 g/mol. The van der Waals surface area contributed by atoms with Gasteiger partial charge in [0, 0.05) is 16.1 Å². The standard InChI is InChI=1S/C16H16Br2FNO/c1-3-20-16(10-6-4-5-7-12(10)17)11-8-13(18)14(19)9-15(11)21-2/h4-9,16,20H,3H2,1-2H3. The molecule has 21 heavy (non-hydrogen) atoms. The van der Waals surface area contributed by atoms with Crippen LogP contribution in [0.1, 0.15) is 24.1 Å². The zero-order chi connectivity index (χ0) is 15.4. The highest BCUT2D eigenvalue weighted by Crippen LogP contribution is 2.36. The van der Waals surface area contributed by atoms with Crippen LogP contribution >= 0.6 is 31.9 Å². The summed E-state index contributed by atoms with van der Waals surface area (Å²) in [5.41, 5.74) is 1.97. The fourth-order valence-electron chi connectivity index (χ4n) is 2.25. The summed E-state index contributed by atoms with van der Waals surface area (Å²) in [5, 5.41) is 3.42. The van der Waals surface area contributed by atoms with Crippen LogP contribution in [-0.2, 0) is 0 Å². The van der Waals surface area contributed by atoms with Gasteiger partial charge in [0.05, 0.1) is 17.6 Å². The number of ether oxygens (including phenoxy) is 1. The van der Waals surface area contributed by atoms with E-state index in [1.807, 2.05) is 31.2 Å². The van der Waals surface area contributed by atoms with E-state index in [0.717, 1.165) is 22.1 Å². The first kappa shape index (κ1) is 16.5. The second-order valence-electron chi connectivity index (χ2n) is 4.52. The van der Waals surface area contributed by atoms with Crippen LogP contribution in [0.3, 0.4) is 0 Å². The molecule has 2 nitrogen and oxygen atoms in total. The van der Waals surface area contributed by atoms with E-state index in [1.165, 1.54) is 6.07 Å². The van der Waals surface area contributed by atoms with Gasteiger partial charge in [-0.05, 0) is 40.2 Å². The van der Waals surface area contributed by atoms with Gasteiger partial charge in [0.15, 0.2) is 0 Å². The second-order valence-corrected chi connectivity index (χ2v) is 6.23. The Morgan fingerprint density at radius 2 is 1.86 bits per heavy atom. The number of methoxy groups -OCH3 is 1. The van der Waals surface area contributed by atoms with Crippen LogP contribution < -0.4 is 10.1 Å². The Kier molecular flexibility index (Phi) is 5.79. The summed E-state index contributed by atoms with van der Waals surface area (Å²) in [7, 11) is 1.55. The van der Waals surface area contributed by atoms with Crippen molar-refractivity contribution < 1.29 is 9.13 Å². The summed E-state index contributed by atoms with van der Waals surface area (Å²) in [4.78, 5) is 0. The fraction of sp³-hybridized carbons (Fsp3) is 0.250. The number of rotatable bonds is 5. The third kappa shape index (κ3) is 3.65. The zero-order valence-electron chi connectivity index (χ0n) is 11.8. The molecule has 1 unspecified atom stereocenters. The molecular weight excluding hydrogens is 401 g/mol. The van der Waals surface area contributed by atoms with Crippen LogP contribution in [0.25, 0.3) is 0 Å². The number of nitrogens with one attached hydrogen (secondary N) is 1. The highest BCUT2D eigenvalue weighted by molar-refractivity contribution is 9.10. The van der Waals surface area contributed by atoms with Crippen molar-refractivity contribution in [1.29, 1.82) is 0 Å². The maximum Gasteiger partial charge on any atom is 0.141 e. The lowest BCUT2D eigenvalue weighted by atomic mass is 9.97. The van der Waals surface area contributed by atoms with E-state index in [2.05, 4.69) is 37.2 Å². The largest absolute Gasteiger partial charge is 0.496 e. The summed E-state index contributed by atoms with van der Waals surface area (Å²) in [6.45, 7) is 2.82. The van der Waals surface area contributed by atoms with Crippen molar-refractivity contribution in [3.8, 4) is 5.75 Å². The van der Waals surface area contributed by atoms with E-state index < -0.39 is 0 Å². The molecular formula is C16H16Br2FNO. The maximum atomic E-state index is 13.7. The SMILES string of the molecule is CCNC(c1ccccc1Br)c1cc(Br)c(F)cc1OC. The number of benzene rings is 2. The predicted molar refractivity (Wildman–Crippen MR) is 90.3 cm³/mol. The van der Waals surface area contributed by atoms with Gasteiger partial charge < -0.3 is 10.1 Å². The van der Waals surface area contributed by atoms with Gasteiger partial charge in [-0.25, -0.2) is 4.39 Å². The van der Waals surface area contributed by atoms with E-state index in [9.17, 15) is 4.39 Å². The zero-order valence-corrected chi connectivity index (χ0v) is 15.0. The molecule has 0 saturated heterocycles. The second kappa shape index (κ2) is 7.38. The van der Waals surface area contributed by atoms with Crippen molar-refractivity contribution in [1.82, 2.24) is 5.32 Å². The molecule has 5 heteroatoms. The third-order valence-electron chi connectivity index (χ3n) is 3.21. The van der Waals surface area contributed by atoms with Crippen LogP contribution in [0.2, 0.25) is 0 Å². The molecule has 2 rings (SSSR count). The Balaban J connectivity index is 2.58. The van der Waals surface area contributed by atoms with Gasteiger partial charge in [-0.1, -0.05) is 41.1 Å². The molecule has 112 valence electrons. The molecule has 1 atom stereocenters. The van der Waals surface area contributed by atoms with E-state index >= 15 is 0 Å². The first-order valence-corrected chi connectivity index (χ1v) is 8.17. The Morgan fingerprint density at radius 3 is 2.48 bits per heavy atom. The van der Waals surface area contributed by atoms with Crippen molar-refractivity contribution in [2.75, 3.05) is 13.7 Å². The van der Waals surface area contributed by atoms with Gasteiger partial charge in [0.1, 0.15) is 11.6 Å². The van der Waals surface area contributed by atoms with Crippen molar-refractivity contribution in [2.45, 2.75) is 13.0 Å². The van der Waals surface area contributed by atoms with E-state index in [-0.39, 0.29) is 11.9 Å². The minimum Gasteiger partial charge on any atom is -0.496 e. The van der Waals surface area contributed by atoms with E-state index in [1.54, 1.807) is 13.2 Å². The predicted octanol–water partition coefficient (Wildman–Crippen LogP) is 5.06. The molecule has 0 heterocycles. The highest BCUT2D eigenvalue weighted by atomic mass is 79.9. The number of hydrogen-bond acceptors (Lipinski definition) is 2. The quantitative estimate of drug-likeness (QED) is 0.735. The summed E-state index contributed by atoms with van der Waals surface area (Å²) in [6.07, 6.45) is 0. The molecule has 0 aliphatic carbocycles. The molecule has 0 aromatic heterocycles. The molecule has 0 spiro atoms. The highest BCUT2D eigenvalue weighted by Gasteiger charge is 2.21. The molecule has 0 fully saturated rings.